The van der Waals surface area contributed by atoms with Crippen LogP contribution in [0.4, 0.5) is 9.52 Å². The molecule has 1 aromatic rings. The van der Waals surface area contributed by atoms with Gasteiger partial charge in [-0.15, -0.1) is 10.2 Å². The molecule has 1 fully saturated rings. The molecule has 1 aromatic heterocycles. The number of alkyl halides is 1. The average Bonchev–Trinajstić information content (AvgIpc) is 2.56. The number of rotatable bonds is 2. The van der Waals surface area contributed by atoms with Crippen LogP contribution in [0.5, 0.6) is 0 Å². The number of aryl methyl sites for hydroxylation is 1. The Kier molecular flexibility index (Phi) is 2.93. The normalized spacial score (nSPS) is 27.6. The van der Waals surface area contributed by atoms with Crippen molar-refractivity contribution in [1.82, 2.24) is 10.2 Å². The number of ether oxygens (including phenoxy) is 1. The van der Waals surface area contributed by atoms with E-state index in [9.17, 15) is 4.39 Å². The van der Waals surface area contributed by atoms with Gasteiger partial charge in [-0.1, -0.05) is 11.3 Å². The van der Waals surface area contributed by atoms with Crippen LogP contribution in [-0.4, -0.2) is 29.2 Å². The highest BCUT2D eigenvalue weighted by atomic mass is 32.1. The van der Waals surface area contributed by atoms with Crippen LogP contribution in [0.15, 0.2) is 0 Å². The zero-order valence-electron chi connectivity index (χ0n) is 7.86. The third-order valence-electron chi connectivity index (χ3n) is 2.09. The van der Waals surface area contributed by atoms with E-state index in [2.05, 4.69) is 15.5 Å². The number of nitrogens with one attached hydrogen (secondary N) is 1. The molecular formula is C8H12FN3OS. The molecule has 2 unspecified atom stereocenters. The SMILES string of the molecule is Cc1nnc(NC2CCCOC2F)s1. The predicted molar refractivity (Wildman–Crippen MR) is 52.1 cm³/mol. The molecule has 1 aliphatic rings. The predicted octanol–water partition coefficient (Wildman–Crippen LogP) is 1.73. The van der Waals surface area contributed by atoms with Crippen LogP contribution in [-0.2, 0) is 4.74 Å². The summed E-state index contributed by atoms with van der Waals surface area (Å²) in [6, 6.07) is -0.281. The number of anilines is 1. The van der Waals surface area contributed by atoms with E-state index in [1.807, 2.05) is 6.92 Å². The summed E-state index contributed by atoms with van der Waals surface area (Å²) in [5, 5.41) is 12.3. The fourth-order valence-electron chi connectivity index (χ4n) is 1.40. The lowest BCUT2D eigenvalue weighted by Gasteiger charge is -2.26. The van der Waals surface area contributed by atoms with Crippen molar-refractivity contribution in [2.75, 3.05) is 11.9 Å². The van der Waals surface area contributed by atoms with Crippen LogP contribution in [0.3, 0.4) is 0 Å². The van der Waals surface area contributed by atoms with Gasteiger partial charge in [0.05, 0.1) is 12.6 Å². The number of halogens is 1. The number of hydrogen-bond acceptors (Lipinski definition) is 5. The smallest absolute Gasteiger partial charge is 0.219 e. The third-order valence-corrected chi connectivity index (χ3v) is 2.86. The molecule has 1 saturated heterocycles. The van der Waals surface area contributed by atoms with E-state index in [-0.39, 0.29) is 6.04 Å². The maximum atomic E-state index is 13.2. The Bertz CT molecular complexity index is 307. The first-order valence-corrected chi connectivity index (χ1v) is 5.39. The standard InChI is InChI=1S/C8H12FN3OS/c1-5-11-12-8(14-5)10-6-3-2-4-13-7(6)9/h6-7H,2-4H2,1H3,(H,10,12). The molecule has 0 spiro atoms. The van der Waals surface area contributed by atoms with Crippen LogP contribution < -0.4 is 5.32 Å². The molecule has 0 radical (unpaired) electrons. The highest BCUT2D eigenvalue weighted by Crippen LogP contribution is 2.21. The maximum absolute atomic E-state index is 13.2. The minimum absolute atomic E-state index is 0.281. The zero-order chi connectivity index (χ0) is 9.97. The van der Waals surface area contributed by atoms with Gasteiger partial charge in [-0.05, 0) is 19.8 Å². The van der Waals surface area contributed by atoms with Gasteiger partial charge in [0.1, 0.15) is 5.01 Å². The third kappa shape index (κ3) is 2.19. The van der Waals surface area contributed by atoms with Gasteiger partial charge < -0.3 is 10.1 Å². The quantitative estimate of drug-likeness (QED) is 0.819. The van der Waals surface area contributed by atoms with E-state index in [0.717, 1.165) is 17.8 Å². The summed E-state index contributed by atoms with van der Waals surface area (Å²) in [5.41, 5.74) is 0. The molecule has 1 N–H and O–H groups in total. The summed E-state index contributed by atoms with van der Waals surface area (Å²) < 4.78 is 18.1. The van der Waals surface area contributed by atoms with Gasteiger partial charge in [0.25, 0.3) is 0 Å². The Labute approximate surface area is 85.5 Å². The van der Waals surface area contributed by atoms with E-state index >= 15 is 0 Å². The van der Waals surface area contributed by atoms with Crippen molar-refractivity contribution < 1.29 is 9.13 Å². The zero-order valence-corrected chi connectivity index (χ0v) is 8.68. The van der Waals surface area contributed by atoms with Gasteiger partial charge in [0.2, 0.25) is 11.5 Å². The minimum Gasteiger partial charge on any atom is -0.352 e. The molecule has 6 heteroatoms. The Balaban J connectivity index is 1.95. The molecule has 2 atom stereocenters. The molecular weight excluding hydrogens is 205 g/mol. The van der Waals surface area contributed by atoms with E-state index in [4.69, 9.17) is 4.74 Å². The minimum atomic E-state index is -1.23. The van der Waals surface area contributed by atoms with Gasteiger partial charge in [0, 0.05) is 0 Å². The fourth-order valence-corrected chi connectivity index (χ4v) is 2.05. The first-order chi connectivity index (χ1) is 6.75. The van der Waals surface area contributed by atoms with Crippen molar-refractivity contribution in [3.05, 3.63) is 5.01 Å². The van der Waals surface area contributed by atoms with Crippen LogP contribution in [0.25, 0.3) is 0 Å². The van der Waals surface area contributed by atoms with Crippen LogP contribution in [0.1, 0.15) is 17.8 Å². The second kappa shape index (κ2) is 4.18. The van der Waals surface area contributed by atoms with Crippen LogP contribution >= 0.6 is 11.3 Å². The summed E-state index contributed by atoms with van der Waals surface area (Å²) in [5.74, 6) is 0. The summed E-state index contributed by atoms with van der Waals surface area (Å²) in [7, 11) is 0. The lowest BCUT2D eigenvalue weighted by atomic mass is 10.1. The maximum Gasteiger partial charge on any atom is 0.219 e. The van der Waals surface area contributed by atoms with Gasteiger partial charge >= 0.3 is 0 Å². The van der Waals surface area contributed by atoms with Gasteiger partial charge in [-0.25, -0.2) is 4.39 Å². The van der Waals surface area contributed by atoms with Crippen molar-refractivity contribution in [2.45, 2.75) is 32.2 Å². The molecule has 0 bridgehead atoms. The van der Waals surface area contributed by atoms with Crippen LogP contribution in [0, 0.1) is 6.92 Å². The van der Waals surface area contributed by atoms with Gasteiger partial charge in [-0.2, -0.15) is 0 Å². The molecule has 4 nitrogen and oxygen atoms in total. The molecule has 0 amide bonds. The van der Waals surface area contributed by atoms with Crippen molar-refractivity contribution in [3.8, 4) is 0 Å². The summed E-state index contributed by atoms with van der Waals surface area (Å²) in [4.78, 5) is 0. The Hall–Kier alpha value is -0.750. The first kappa shape index (κ1) is 9.79. The van der Waals surface area contributed by atoms with Crippen molar-refractivity contribution in [2.24, 2.45) is 0 Å². The fraction of sp³-hybridized carbons (Fsp3) is 0.750. The van der Waals surface area contributed by atoms with E-state index in [1.165, 1.54) is 11.3 Å². The van der Waals surface area contributed by atoms with Crippen molar-refractivity contribution >= 4 is 16.5 Å². The first-order valence-electron chi connectivity index (χ1n) is 4.58. The summed E-state index contributed by atoms with van der Waals surface area (Å²) >= 11 is 1.43. The highest BCUT2D eigenvalue weighted by Gasteiger charge is 2.26. The topological polar surface area (TPSA) is 47.0 Å². The molecule has 2 rings (SSSR count). The van der Waals surface area contributed by atoms with Crippen molar-refractivity contribution in [3.63, 3.8) is 0 Å². The Morgan fingerprint density at radius 2 is 2.43 bits per heavy atom. The lowest BCUT2D eigenvalue weighted by molar-refractivity contribution is -0.0757. The van der Waals surface area contributed by atoms with Crippen LogP contribution in [0.2, 0.25) is 0 Å². The molecule has 0 aromatic carbocycles. The number of hydrogen-bond donors (Lipinski definition) is 1. The van der Waals surface area contributed by atoms with Gasteiger partial charge in [-0.3, -0.25) is 0 Å². The van der Waals surface area contributed by atoms with Crippen molar-refractivity contribution in [1.29, 1.82) is 0 Å². The second-order valence-electron chi connectivity index (χ2n) is 3.24. The largest absolute Gasteiger partial charge is 0.352 e. The number of nitrogens with zero attached hydrogens (tertiary/aromatic N) is 2. The summed E-state index contributed by atoms with van der Waals surface area (Å²) in [6.45, 7) is 2.38. The van der Waals surface area contributed by atoms with E-state index in [1.54, 1.807) is 0 Å². The van der Waals surface area contributed by atoms with E-state index in [0.29, 0.717) is 11.7 Å². The Morgan fingerprint density at radius 1 is 1.57 bits per heavy atom. The molecule has 2 heterocycles. The molecule has 0 saturated carbocycles. The molecule has 0 aliphatic carbocycles. The summed E-state index contributed by atoms with van der Waals surface area (Å²) in [6.07, 6.45) is 0.434. The van der Waals surface area contributed by atoms with E-state index < -0.39 is 6.36 Å². The number of aromatic nitrogens is 2. The second-order valence-corrected chi connectivity index (χ2v) is 4.42. The Morgan fingerprint density at radius 3 is 3.07 bits per heavy atom. The molecule has 14 heavy (non-hydrogen) atoms. The monoisotopic (exact) mass is 217 g/mol. The molecule has 1 aliphatic heterocycles. The molecule has 78 valence electrons. The highest BCUT2D eigenvalue weighted by molar-refractivity contribution is 7.15. The average molecular weight is 217 g/mol. The lowest BCUT2D eigenvalue weighted by Crippen LogP contribution is -2.36. The van der Waals surface area contributed by atoms with Gasteiger partial charge in [0.15, 0.2) is 0 Å².